The van der Waals surface area contributed by atoms with Crippen LogP contribution in [0.25, 0.3) is 10.2 Å². The second-order valence-corrected chi connectivity index (χ2v) is 9.24. The maximum atomic E-state index is 13.5. The van der Waals surface area contributed by atoms with Crippen LogP contribution in [-0.2, 0) is 19.4 Å². The number of hydrogen-bond donors (Lipinski definition) is 0. The lowest BCUT2D eigenvalue weighted by Crippen LogP contribution is -2.48. The Hall–Kier alpha value is -2.80. The molecule has 1 aliphatic heterocycles. The average molecular weight is 437 g/mol. The molecule has 0 bridgehead atoms. The van der Waals surface area contributed by atoms with Crippen molar-refractivity contribution in [1.82, 2.24) is 9.55 Å². The maximum absolute atomic E-state index is 13.5. The third kappa shape index (κ3) is 3.51. The standard InChI is InChI=1S/C24H28N4O2S/c1-3-12-28-23(29)21-17-8-4-7-11-20(17)31-22(21)25-24(28)27-15-13-26(14-16-27)18-9-5-6-10-19(18)30-2/h3,5-6,9-10H,1,4,7-8,11-16H2,2H3. The predicted octanol–water partition coefficient (Wildman–Crippen LogP) is 3.86. The molecule has 1 aliphatic carbocycles. The Morgan fingerprint density at radius 3 is 2.65 bits per heavy atom. The number of piperazine rings is 1. The summed E-state index contributed by atoms with van der Waals surface area (Å²) >= 11 is 1.72. The fraction of sp³-hybridized carbons (Fsp3) is 0.417. The molecular formula is C24H28N4O2S. The number of para-hydroxylation sites is 2. The van der Waals surface area contributed by atoms with Crippen molar-refractivity contribution in [2.75, 3.05) is 43.1 Å². The van der Waals surface area contributed by atoms with Gasteiger partial charge in [-0.05, 0) is 43.4 Å². The van der Waals surface area contributed by atoms with Crippen molar-refractivity contribution in [3.05, 3.63) is 57.7 Å². The minimum Gasteiger partial charge on any atom is -0.495 e. The van der Waals surface area contributed by atoms with Crippen molar-refractivity contribution in [3.8, 4) is 5.75 Å². The van der Waals surface area contributed by atoms with Gasteiger partial charge in [-0.2, -0.15) is 0 Å². The summed E-state index contributed by atoms with van der Waals surface area (Å²) < 4.78 is 7.36. The molecule has 0 radical (unpaired) electrons. The number of fused-ring (bicyclic) bond motifs is 3. The lowest BCUT2D eigenvalue weighted by Gasteiger charge is -2.37. The van der Waals surface area contributed by atoms with Crippen molar-refractivity contribution in [1.29, 1.82) is 0 Å². The Balaban J connectivity index is 1.48. The van der Waals surface area contributed by atoms with Gasteiger partial charge in [0.25, 0.3) is 5.56 Å². The van der Waals surface area contributed by atoms with Crippen molar-refractivity contribution >= 4 is 33.2 Å². The Morgan fingerprint density at radius 2 is 1.87 bits per heavy atom. The van der Waals surface area contributed by atoms with Gasteiger partial charge in [-0.25, -0.2) is 4.98 Å². The molecule has 0 atom stereocenters. The van der Waals surface area contributed by atoms with Gasteiger partial charge in [0.05, 0.1) is 18.2 Å². The summed E-state index contributed by atoms with van der Waals surface area (Å²) in [6.07, 6.45) is 6.23. The van der Waals surface area contributed by atoms with Crippen molar-refractivity contribution in [2.45, 2.75) is 32.2 Å². The van der Waals surface area contributed by atoms with Crippen molar-refractivity contribution in [2.24, 2.45) is 0 Å². The van der Waals surface area contributed by atoms with E-state index in [0.29, 0.717) is 6.54 Å². The van der Waals surface area contributed by atoms with Crippen LogP contribution in [0.4, 0.5) is 11.6 Å². The number of methoxy groups -OCH3 is 1. The van der Waals surface area contributed by atoms with Crippen LogP contribution in [0.3, 0.4) is 0 Å². The first-order chi connectivity index (χ1) is 15.2. The van der Waals surface area contributed by atoms with Crippen LogP contribution >= 0.6 is 11.3 Å². The molecule has 6 nitrogen and oxygen atoms in total. The van der Waals surface area contributed by atoms with E-state index < -0.39 is 0 Å². The highest BCUT2D eigenvalue weighted by atomic mass is 32.1. The summed E-state index contributed by atoms with van der Waals surface area (Å²) in [6, 6.07) is 8.13. The second-order valence-electron chi connectivity index (χ2n) is 8.15. The summed E-state index contributed by atoms with van der Waals surface area (Å²) in [7, 11) is 1.71. The zero-order valence-electron chi connectivity index (χ0n) is 18.0. The fourth-order valence-corrected chi connectivity index (χ4v) is 6.05. The van der Waals surface area contributed by atoms with E-state index in [2.05, 4.69) is 22.4 Å². The molecule has 0 unspecified atom stereocenters. The molecule has 31 heavy (non-hydrogen) atoms. The number of aryl methyl sites for hydroxylation is 2. The molecule has 1 aromatic carbocycles. The number of ether oxygens (including phenoxy) is 1. The highest BCUT2D eigenvalue weighted by molar-refractivity contribution is 7.18. The fourth-order valence-electron chi connectivity index (χ4n) is 4.80. The van der Waals surface area contributed by atoms with Crippen molar-refractivity contribution < 1.29 is 4.74 Å². The predicted molar refractivity (Wildman–Crippen MR) is 128 cm³/mol. The summed E-state index contributed by atoms with van der Waals surface area (Å²) in [5, 5.41) is 0.845. The Kier molecular flexibility index (Phi) is 5.44. The normalized spacial score (nSPS) is 16.4. The van der Waals surface area contributed by atoms with E-state index in [4.69, 9.17) is 9.72 Å². The van der Waals surface area contributed by atoms with Gasteiger partial charge < -0.3 is 14.5 Å². The first-order valence-corrected chi connectivity index (χ1v) is 11.8. The van der Waals surface area contributed by atoms with E-state index in [1.54, 1.807) is 24.5 Å². The number of anilines is 2. The number of hydrogen-bond acceptors (Lipinski definition) is 6. The zero-order valence-corrected chi connectivity index (χ0v) is 18.8. The summed E-state index contributed by atoms with van der Waals surface area (Å²) in [5.74, 6) is 1.67. The van der Waals surface area contributed by atoms with Gasteiger partial charge in [0.15, 0.2) is 0 Å². The van der Waals surface area contributed by atoms with E-state index in [1.165, 1.54) is 16.9 Å². The quantitative estimate of drug-likeness (QED) is 0.569. The molecule has 0 spiro atoms. The zero-order chi connectivity index (χ0) is 21.4. The van der Waals surface area contributed by atoms with Crippen LogP contribution in [0, 0.1) is 0 Å². The summed E-state index contributed by atoms with van der Waals surface area (Å²) in [4.78, 5) is 25.4. The maximum Gasteiger partial charge on any atom is 0.264 e. The lowest BCUT2D eigenvalue weighted by atomic mass is 9.97. The smallest absolute Gasteiger partial charge is 0.264 e. The van der Waals surface area contributed by atoms with Crippen LogP contribution in [-0.4, -0.2) is 42.8 Å². The molecule has 0 amide bonds. The van der Waals surface area contributed by atoms with Gasteiger partial charge >= 0.3 is 0 Å². The molecule has 3 aromatic rings. The molecule has 0 saturated carbocycles. The van der Waals surface area contributed by atoms with Gasteiger partial charge in [-0.15, -0.1) is 17.9 Å². The number of nitrogens with zero attached hydrogens (tertiary/aromatic N) is 4. The molecule has 1 fully saturated rings. The van der Waals surface area contributed by atoms with Gasteiger partial charge in [0.2, 0.25) is 5.95 Å². The molecule has 162 valence electrons. The van der Waals surface area contributed by atoms with Crippen LogP contribution in [0.5, 0.6) is 5.75 Å². The van der Waals surface area contributed by atoms with Gasteiger partial charge in [0, 0.05) is 37.6 Å². The van der Waals surface area contributed by atoms with E-state index in [1.807, 2.05) is 22.8 Å². The van der Waals surface area contributed by atoms with Crippen LogP contribution in [0.1, 0.15) is 23.3 Å². The van der Waals surface area contributed by atoms with E-state index in [9.17, 15) is 4.79 Å². The monoisotopic (exact) mass is 436 g/mol. The molecular weight excluding hydrogens is 408 g/mol. The van der Waals surface area contributed by atoms with Gasteiger partial charge in [0.1, 0.15) is 10.6 Å². The van der Waals surface area contributed by atoms with Gasteiger partial charge in [-0.3, -0.25) is 9.36 Å². The van der Waals surface area contributed by atoms with Crippen LogP contribution < -0.4 is 20.1 Å². The average Bonchev–Trinajstić information content (AvgIpc) is 3.19. The molecule has 5 rings (SSSR count). The minimum absolute atomic E-state index is 0.0893. The number of allylic oxidation sites excluding steroid dienone is 1. The SMILES string of the molecule is C=CCn1c(N2CCN(c3ccccc3OC)CC2)nc2sc3c(c2c1=O)CCCC3. The first-order valence-electron chi connectivity index (χ1n) is 11.0. The summed E-state index contributed by atoms with van der Waals surface area (Å²) in [6.45, 7) is 7.67. The largest absolute Gasteiger partial charge is 0.495 e. The topological polar surface area (TPSA) is 50.6 Å². The summed E-state index contributed by atoms with van der Waals surface area (Å²) in [5.41, 5.74) is 2.45. The van der Waals surface area contributed by atoms with Crippen LogP contribution in [0.2, 0.25) is 0 Å². The van der Waals surface area contributed by atoms with E-state index in [-0.39, 0.29) is 5.56 Å². The first kappa shape index (κ1) is 20.1. The Labute approximate surface area is 186 Å². The molecule has 2 aliphatic rings. The Morgan fingerprint density at radius 1 is 1.13 bits per heavy atom. The molecule has 2 aromatic heterocycles. The number of aromatic nitrogens is 2. The lowest BCUT2D eigenvalue weighted by molar-refractivity contribution is 0.413. The highest BCUT2D eigenvalue weighted by Crippen LogP contribution is 2.35. The Bertz CT molecular complexity index is 1170. The molecule has 1 saturated heterocycles. The number of thiophene rings is 1. The van der Waals surface area contributed by atoms with E-state index in [0.717, 1.165) is 73.0 Å². The molecule has 0 N–H and O–H groups in total. The van der Waals surface area contributed by atoms with Crippen LogP contribution in [0.15, 0.2) is 41.7 Å². The third-order valence-electron chi connectivity index (χ3n) is 6.35. The van der Waals surface area contributed by atoms with Gasteiger partial charge in [-0.1, -0.05) is 18.2 Å². The minimum atomic E-state index is 0.0893. The molecule has 3 heterocycles. The third-order valence-corrected chi connectivity index (χ3v) is 7.54. The number of rotatable bonds is 5. The number of benzene rings is 1. The molecule has 7 heteroatoms. The van der Waals surface area contributed by atoms with E-state index >= 15 is 0 Å². The van der Waals surface area contributed by atoms with Crippen molar-refractivity contribution in [3.63, 3.8) is 0 Å². The second kappa shape index (κ2) is 8.38. The highest BCUT2D eigenvalue weighted by Gasteiger charge is 2.26.